The lowest BCUT2D eigenvalue weighted by Gasteiger charge is -2.13. The molecule has 124 valence electrons. The van der Waals surface area contributed by atoms with Gasteiger partial charge >= 0.3 is 10.2 Å². The summed E-state index contributed by atoms with van der Waals surface area (Å²) in [6.07, 6.45) is 7.02. The molecule has 0 saturated heterocycles. The first-order valence-corrected chi connectivity index (χ1v) is 8.65. The summed E-state index contributed by atoms with van der Waals surface area (Å²) in [4.78, 5) is 3.99. The third-order valence-electron chi connectivity index (χ3n) is 3.43. The Morgan fingerprint density at radius 2 is 1.83 bits per heavy atom. The lowest BCUT2D eigenvalue weighted by molar-refractivity contribution is 0.527. The molecule has 1 N–H and O–H groups in total. The predicted octanol–water partition coefficient (Wildman–Crippen LogP) is 2.15. The van der Waals surface area contributed by atoms with Crippen LogP contribution in [0.5, 0.6) is 0 Å². The third kappa shape index (κ3) is 3.44. The second-order valence-electron chi connectivity index (χ2n) is 5.35. The molecule has 0 spiro atoms. The minimum atomic E-state index is -3.53. The molecule has 0 aliphatic rings. The predicted molar refractivity (Wildman–Crippen MR) is 93.0 cm³/mol. The number of hydrogen-bond donors (Lipinski definition) is 1. The number of nitrogens with zero attached hydrogens (tertiary/aromatic N) is 4. The lowest BCUT2D eigenvalue weighted by Crippen LogP contribution is -2.28. The molecule has 0 unspecified atom stereocenters. The van der Waals surface area contributed by atoms with Gasteiger partial charge in [-0.15, -0.1) is 0 Å². The van der Waals surface area contributed by atoms with E-state index < -0.39 is 10.2 Å². The van der Waals surface area contributed by atoms with Gasteiger partial charge in [-0.25, -0.2) is 4.68 Å². The van der Waals surface area contributed by atoms with Crippen LogP contribution in [0.2, 0.25) is 0 Å². The van der Waals surface area contributed by atoms with Crippen molar-refractivity contribution in [2.75, 3.05) is 18.8 Å². The van der Waals surface area contributed by atoms with Crippen molar-refractivity contribution < 1.29 is 8.42 Å². The van der Waals surface area contributed by atoms with Gasteiger partial charge in [0.1, 0.15) is 0 Å². The molecule has 0 aliphatic heterocycles. The molecular weight excluding hydrogens is 326 g/mol. The largest absolute Gasteiger partial charge is 0.301 e. The molecule has 24 heavy (non-hydrogen) atoms. The van der Waals surface area contributed by atoms with E-state index in [1.54, 1.807) is 41.5 Å². The average molecular weight is 343 g/mol. The van der Waals surface area contributed by atoms with E-state index in [2.05, 4.69) is 14.8 Å². The van der Waals surface area contributed by atoms with Crippen LogP contribution < -0.4 is 4.72 Å². The van der Waals surface area contributed by atoms with Crippen molar-refractivity contribution in [2.45, 2.75) is 0 Å². The van der Waals surface area contributed by atoms with Crippen molar-refractivity contribution in [2.24, 2.45) is 0 Å². The smallest absolute Gasteiger partial charge is 0.271 e. The van der Waals surface area contributed by atoms with Crippen LogP contribution in [0.25, 0.3) is 16.8 Å². The summed E-state index contributed by atoms with van der Waals surface area (Å²) in [6, 6.07) is 10.9. The van der Waals surface area contributed by atoms with Crippen LogP contribution in [0, 0.1) is 0 Å². The maximum Gasteiger partial charge on any atom is 0.301 e. The second kappa shape index (κ2) is 6.42. The maximum absolute atomic E-state index is 11.9. The summed E-state index contributed by atoms with van der Waals surface area (Å²) in [5.41, 5.74) is 3.16. The highest BCUT2D eigenvalue weighted by Crippen LogP contribution is 2.23. The monoisotopic (exact) mass is 343 g/mol. The Bertz CT molecular complexity index is 936. The number of nitrogens with one attached hydrogen (secondary N) is 1. The molecule has 2 heterocycles. The summed E-state index contributed by atoms with van der Waals surface area (Å²) in [6.45, 7) is 0. The first-order chi connectivity index (χ1) is 11.5. The molecule has 0 saturated carbocycles. The van der Waals surface area contributed by atoms with E-state index in [0.29, 0.717) is 5.69 Å². The van der Waals surface area contributed by atoms with E-state index in [1.165, 1.54) is 14.1 Å². The molecule has 0 aliphatic carbocycles. The van der Waals surface area contributed by atoms with Crippen LogP contribution in [-0.4, -0.2) is 41.6 Å². The number of pyridine rings is 1. The van der Waals surface area contributed by atoms with E-state index in [0.717, 1.165) is 21.1 Å². The second-order valence-corrected chi connectivity index (χ2v) is 7.23. The molecule has 1 aromatic carbocycles. The van der Waals surface area contributed by atoms with Gasteiger partial charge in [0.05, 0.1) is 17.6 Å². The van der Waals surface area contributed by atoms with Crippen molar-refractivity contribution in [1.29, 1.82) is 0 Å². The SMILES string of the molecule is CN(C)S(=O)(=O)Nc1cccc(-c2cnn(-c3ccncc3)c2)c1. The fourth-order valence-corrected chi connectivity index (χ4v) is 2.72. The van der Waals surface area contributed by atoms with Crippen molar-refractivity contribution in [3.8, 4) is 16.8 Å². The van der Waals surface area contributed by atoms with Crippen LogP contribution in [0.15, 0.2) is 61.2 Å². The zero-order chi connectivity index (χ0) is 17.2. The Labute approximate surface area is 140 Å². The Hall–Kier alpha value is -2.71. The van der Waals surface area contributed by atoms with E-state index in [-0.39, 0.29) is 0 Å². The van der Waals surface area contributed by atoms with Gasteiger partial charge in [0.25, 0.3) is 0 Å². The van der Waals surface area contributed by atoms with Crippen LogP contribution in [0.4, 0.5) is 5.69 Å². The topological polar surface area (TPSA) is 80.1 Å². The standard InChI is InChI=1S/C16H17N5O2S/c1-20(2)24(22,23)19-15-5-3-4-13(10-15)14-11-18-21(12-14)16-6-8-17-9-7-16/h3-12,19H,1-2H3. The van der Waals surface area contributed by atoms with Gasteiger partial charge in [-0.2, -0.15) is 17.8 Å². The van der Waals surface area contributed by atoms with Crippen LogP contribution >= 0.6 is 0 Å². The van der Waals surface area contributed by atoms with Gasteiger partial charge < -0.3 is 0 Å². The maximum atomic E-state index is 11.9. The lowest BCUT2D eigenvalue weighted by atomic mass is 10.1. The molecule has 0 fully saturated rings. The highest BCUT2D eigenvalue weighted by Gasteiger charge is 2.13. The molecule has 0 bridgehead atoms. The zero-order valence-corrected chi connectivity index (χ0v) is 14.1. The molecule has 0 radical (unpaired) electrons. The minimum Gasteiger partial charge on any atom is -0.271 e. The summed E-state index contributed by atoms with van der Waals surface area (Å²) in [7, 11) is -0.578. The summed E-state index contributed by atoms with van der Waals surface area (Å²) in [5.74, 6) is 0. The highest BCUT2D eigenvalue weighted by atomic mass is 32.2. The van der Waals surface area contributed by atoms with Gasteiger partial charge in [-0.05, 0) is 29.8 Å². The van der Waals surface area contributed by atoms with E-state index >= 15 is 0 Å². The molecule has 3 rings (SSSR count). The van der Waals surface area contributed by atoms with Crippen molar-refractivity contribution in [3.63, 3.8) is 0 Å². The van der Waals surface area contributed by atoms with E-state index in [9.17, 15) is 8.42 Å². The molecule has 7 nitrogen and oxygen atoms in total. The quantitative estimate of drug-likeness (QED) is 0.770. The van der Waals surface area contributed by atoms with E-state index in [1.807, 2.05) is 24.4 Å². The number of benzene rings is 1. The zero-order valence-electron chi connectivity index (χ0n) is 13.3. The molecule has 8 heteroatoms. The third-order valence-corrected chi connectivity index (χ3v) is 4.89. The fraction of sp³-hybridized carbons (Fsp3) is 0.125. The Morgan fingerprint density at radius 3 is 2.54 bits per heavy atom. The van der Waals surface area contributed by atoms with E-state index in [4.69, 9.17) is 0 Å². The van der Waals surface area contributed by atoms with Crippen molar-refractivity contribution in [1.82, 2.24) is 19.1 Å². The average Bonchev–Trinajstić information content (AvgIpc) is 3.05. The van der Waals surface area contributed by atoms with Gasteiger partial charge in [-0.1, -0.05) is 12.1 Å². The molecule has 0 atom stereocenters. The first kappa shape index (κ1) is 16.2. The summed E-state index contributed by atoms with van der Waals surface area (Å²) in [5, 5.41) is 4.34. The van der Waals surface area contributed by atoms with Crippen molar-refractivity contribution >= 4 is 15.9 Å². The van der Waals surface area contributed by atoms with Gasteiger partial charge in [0.15, 0.2) is 0 Å². The fourth-order valence-electron chi connectivity index (χ4n) is 2.11. The van der Waals surface area contributed by atoms with Crippen LogP contribution in [0.3, 0.4) is 0 Å². The number of aromatic nitrogens is 3. The Kier molecular flexibility index (Phi) is 4.32. The van der Waals surface area contributed by atoms with Crippen LogP contribution in [-0.2, 0) is 10.2 Å². The first-order valence-electron chi connectivity index (χ1n) is 7.21. The molecular formula is C16H17N5O2S. The minimum absolute atomic E-state index is 0.498. The number of rotatable bonds is 5. The van der Waals surface area contributed by atoms with Crippen molar-refractivity contribution in [3.05, 3.63) is 61.2 Å². The Morgan fingerprint density at radius 1 is 1.08 bits per heavy atom. The van der Waals surface area contributed by atoms with Gasteiger partial charge in [0, 0.05) is 38.2 Å². The number of hydrogen-bond acceptors (Lipinski definition) is 4. The summed E-state index contributed by atoms with van der Waals surface area (Å²) >= 11 is 0. The molecule has 3 aromatic rings. The normalized spacial score (nSPS) is 11.6. The van der Waals surface area contributed by atoms with Crippen LogP contribution in [0.1, 0.15) is 0 Å². The Balaban J connectivity index is 1.89. The summed E-state index contributed by atoms with van der Waals surface area (Å²) < 4.78 is 29.3. The highest BCUT2D eigenvalue weighted by molar-refractivity contribution is 7.90. The van der Waals surface area contributed by atoms with Gasteiger partial charge in [0.2, 0.25) is 0 Å². The van der Waals surface area contributed by atoms with Gasteiger partial charge in [-0.3, -0.25) is 9.71 Å². The molecule has 0 amide bonds. The molecule has 2 aromatic heterocycles. The number of anilines is 1.